The lowest BCUT2D eigenvalue weighted by Gasteiger charge is -2.15. The van der Waals surface area contributed by atoms with Crippen LogP contribution in [0.1, 0.15) is 22.3 Å². The van der Waals surface area contributed by atoms with Crippen LogP contribution in [0.5, 0.6) is 0 Å². The van der Waals surface area contributed by atoms with Crippen LogP contribution in [0.15, 0.2) is 122 Å². The minimum absolute atomic E-state index is 0.0757. The van der Waals surface area contributed by atoms with Gasteiger partial charge in [0.05, 0.1) is 11.4 Å². The molecule has 16 heteroatoms. The van der Waals surface area contributed by atoms with Crippen molar-refractivity contribution in [3.8, 4) is 0 Å². The molecule has 4 heterocycles. The maximum Gasteiger partial charge on any atom is 0.332 e. The van der Waals surface area contributed by atoms with E-state index in [9.17, 15) is 28.8 Å². The molecule has 4 aromatic carbocycles. The number of rotatable bonds is 14. The fourth-order valence-electron chi connectivity index (χ4n) is 7.51. The number of carbonyl (C=O) groups is 6. The highest BCUT2D eigenvalue weighted by Gasteiger charge is 2.40. The van der Waals surface area contributed by atoms with E-state index >= 15 is 0 Å². The van der Waals surface area contributed by atoms with Gasteiger partial charge in [-0.25, -0.2) is 29.0 Å². The lowest BCUT2D eigenvalue weighted by atomic mass is 10.1. The number of hydrogen-bond acceptors (Lipinski definition) is 10. The Morgan fingerprint density at radius 1 is 0.600 bits per heavy atom. The molecule has 8 N–H and O–H groups in total. The topological polar surface area (TPSA) is 235 Å². The summed E-state index contributed by atoms with van der Waals surface area (Å²) >= 11 is 0. The van der Waals surface area contributed by atoms with E-state index in [1.165, 1.54) is 0 Å². The maximum atomic E-state index is 13.3. The van der Waals surface area contributed by atoms with E-state index in [1.807, 2.05) is 60.7 Å². The quantitative estimate of drug-likeness (QED) is 0.0401. The number of aromatic amines is 2. The summed E-state index contributed by atoms with van der Waals surface area (Å²) < 4.78 is 10.6. The molecular formula is C44H40N8O8. The van der Waals surface area contributed by atoms with Gasteiger partial charge in [0.15, 0.2) is 12.5 Å². The number of aromatic nitrogens is 2. The third-order valence-electron chi connectivity index (χ3n) is 10.4. The van der Waals surface area contributed by atoms with Gasteiger partial charge in [-0.3, -0.25) is 21.1 Å². The third kappa shape index (κ3) is 8.36. The van der Waals surface area contributed by atoms with Crippen molar-refractivity contribution in [1.82, 2.24) is 20.6 Å². The number of benzene rings is 4. The first-order chi connectivity index (χ1) is 29.0. The van der Waals surface area contributed by atoms with Gasteiger partial charge in [0.2, 0.25) is 0 Å². The number of carbonyl (C=O) groups excluding carboxylic acids is 6. The Bertz CT molecular complexity index is 2480. The van der Waals surface area contributed by atoms with Crippen molar-refractivity contribution in [2.45, 2.75) is 50.2 Å². The predicted molar refractivity (Wildman–Crippen MR) is 221 cm³/mol. The van der Waals surface area contributed by atoms with Gasteiger partial charge < -0.3 is 30.1 Å². The van der Waals surface area contributed by atoms with E-state index in [2.05, 4.69) is 20.6 Å². The number of ether oxygens (including phenoxy) is 2. The van der Waals surface area contributed by atoms with Crippen LogP contribution in [0.4, 0.5) is 21.0 Å². The smallest absolute Gasteiger partial charge is 0.332 e. The van der Waals surface area contributed by atoms with Gasteiger partial charge in [0.25, 0.3) is 11.8 Å². The molecular weight excluding hydrogens is 769 g/mol. The highest BCUT2D eigenvalue weighted by atomic mass is 16.6. The van der Waals surface area contributed by atoms with Gasteiger partial charge >= 0.3 is 24.0 Å². The fourth-order valence-corrected chi connectivity index (χ4v) is 7.51. The molecule has 0 spiro atoms. The highest BCUT2D eigenvalue weighted by Crippen LogP contribution is 2.30. The zero-order valence-electron chi connectivity index (χ0n) is 32.0. The molecule has 6 amide bonds. The van der Waals surface area contributed by atoms with Crippen LogP contribution < -0.4 is 31.9 Å². The number of hydrogen-bond donors (Lipinski definition) is 6. The number of imide groups is 2. The minimum Gasteiger partial charge on any atom is -0.443 e. The summed E-state index contributed by atoms with van der Waals surface area (Å²) in [5.74, 6) is -2.53. The van der Waals surface area contributed by atoms with E-state index < -0.39 is 48.5 Å². The van der Waals surface area contributed by atoms with E-state index in [0.29, 0.717) is 57.1 Å². The standard InChI is InChI=1S/C44H40N8O8/c45-37(19-27-23-47-33-13-11-29(21-31(27)33)51-41(55)35(49-43(51)57)17-25-7-3-1-4-8-25)59-39(53)15-16-40(54)60-38(46)20-28-24-48-34-14-12-30(22-32(28)34)52-42(56)36(50-44(52)58)18-26-9-5-2-6-10-26/h1-16,21-24,35-38,47-48H,17-20,45-46H2,(H,49,57)(H,50,58)/b16-15-. The van der Waals surface area contributed by atoms with Crippen molar-refractivity contribution in [3.05, 3.63) is 144 Å². The molecule has 6 aromatic rings. The first kappa shape index (κ1) is 39.3. The molecule has 0 bridgehead atoms. The fraction of sp³-hybridized carbons (Fsp3) is 0.182. The summed E-state index contributed by atoms with van der Waals surface area (Å²) in [6, 6.07) is 26.6. The van der Waals surface area contributed by atoms with Crippen LogP contribution in [-0.4, -0.2) is 70.3 Å². The SMILES string of the molecule is NC(Cc1c[nH]c2ccc(N3C(=O)NC(Cc4ccccc4)C3=O)cc12)OC(=O)/C=C\C(=O)OC(N)Cc1c[nH]c2ccc(N3C(=O)NC(Cc4ccccc4)C3=O)cc12. The lowest BCUT2D eigenvalue weighted by molar-refractivity contribution is -0.145. The molecule has 2 aliphatic heterocycles. The first-order valence-electron chi connectivity index (χ1n) is 19.2. The Hall–Kier alpha value is -7.56. The van der Waals surface area contributed by atoms with E-state index in [4.69, 9.17) is 20.9 Å². The molecule has 8 rings (SSSR count). The Morgan fingerprint density at radius 3 is 1.40 bits per heavy atom. The predicted octanol–water partition coefficient (Wildman–Crippen LogP) is 3.98. The van der Waals surface area contributed by atoms with Crippen LogP contribution in [0.25, 0.3) is 21.8 Å². The van der Waals surface area contributed by atoms with Crippen LogP contribution in [0.2, 0.25) is 0 Å². The molecule has 0 radical (unpaired) electrons. The van der Waals surface area contributed by atoms with Gasteiger partial charge in [0, 0.05) is 72.0 Å². The van der Waals surface area contributed by atoms with Gasteiger partial charge in [-0.2, -0.15) is 0 Å². The minimum atomic E-state index is -1.11. The molecule has 2 fully saturated rings. The Kier molecular flexibility index (Phi) is 11.0. The monoisotopic (exact) mass is 808 g/mol. The van der Waals surface area contributed by atoms with Gasteiger partial charge in [-0.1, -0.05) is 60.7 Å². The molecule has 2 aromatic heterocycles. The normalized spacial score (nSPS) is 17.7. The molecule has 0 saturated carbocycles. The number of nitrogens with zero attached hydrogens (tertiary/aromatic N) is 2. The summed E-state index contributed by atoms with van der Waals surface area (Å²) in [6.07, 6.45) is 3.79. The summed E-state index contributed by atoms with van der Waals surface area (Å²) in [4.78, 5) is 86.0. The van der Waals surface area contributed by atoms with E-state index in [0.717, 1.165) is 33.1 Å². The molecule has 2 saturated heterocycles. The molecule has 304 valence electrons. The van der Waals surface area contributed by atoms with Crippen molar-refractivity contribution in [2.75, 3.05) is 9.80 Å². The number of anilines is 2. The lowest BCUT2D eigenvalue weighted by Crippen LogP contribution is -2.32. The summed E-state index contributed by atoms with van der Waals surface area (Å²) in [5, 5.41) is 6.87. The Balaban J connectivity index is 0.841. The van der Waals surface area contributed by atoms with Crippen LogP contribution in [-0.2, 0) is 54.3 Å². The van der Waals surface area contributed by atoms with Crippen molar-refractivity contribution < 1.29 is 38.2 Å². The number of nitrogens with one attached hydrogen (secondary N) is 4. The molecule has 4 atom stereocenters. The zero-order chi connectivity index (χ0) is 41.9. The summed E-state index contributed by atoms with van der Waals surface area (Å²) in [6.45, 7) is 0. The van der Waals surface area contributed by atoms with Gasteiger partial charge in [0.1, 0.15) is 12.1 Å². The Labute approximate surface area is 342 Å². The Morgan fingerprint density at radius 2 is 1.00 bits per heavy atom. The van der Waals surface area contributed by atoms with Crippen molar-refractivity contribution in [1.29, 1.82) is 0 Å². The number of esters is 2. The maximum absolute atomic E-state index is 13.3. The van der Waals surface area contributed by atoms with Crippen LogP contribution in [0.3, 0.4) is 0 Å². The number of H-pyrrole nitrogens is 2. The van der Waals surface area contributed by atoms with Crippen molar-refractivity contribution in [3.63, 3.8) is 0 Å². The average molecular weight is 809 g/mol. The number of urea groups is 2. The van der Waals surface area contributed by atoms with Crippen molar-refractivity contribution >= 4 is 69.0 Å². The molecule has 4 unspecified atom stereocenters. The van der Waals surface area contributed by atoms with Crippen LogP contribution >= 0.6 is 0 Å². The summed E-state index contributed by atoms with van der Waals surface area (Å²) in [5.41, 5.74) is 17.7. The number of fused-ring (bicyclic) bond motifs is 2. The third-order valence-corrected chi connectivity index (χ3v) is 10.4. The molecule has 16 nitrogen and oxygen atoms in total. The van der Waals surface area contributed by atoms with Gasteiger partial charge in [-0.15, -0.1) is 0 Å². The van der Waals surface area contributed by atoms with Gasteiger partial charge in [-0.05, 0) is 58.7 Å². The zero-order valence-corrected chi connectivity index (χ0v) is 32.0. The summed E-state index contributed by atoms with van der Waals surface area (Å²) in [7, 11) is 0. The molecule has 60 heavy (non-hydrogen) atoms. The van der Waals surface area contributed by atoms with Crippen molar-refractivity contribution in [2.24, 2.45) is 11.5 Å². The second kappa shape index (κ2) is 16.7. The number of nitrogens with two attached hydrogens (primary N) is 2. The molecule has 2 aliphatic rings. The first-order valence-corrected chi connectivity index (χ1v) is 19.2. The van der Waals surface area contributed by atoms with E-state index in [-0.39, 0.29) is 24.7 Å². The molecule has 0 aliphatic carbocycles. The average Bonchev–Trinajstić information content (AvgIpc) is 3.97. The highest BCUT2D eigenvalue weighted by molar-refractivity contribution is 6.22. The van der Waals surface area contributed by atoms with E-state index in [1.54, 1.807) is 48.8 Å². The van der Waals surface area contributed by atoms with Crippen LogP contribution in [0, 0.1) is 0 Å². The largest absolute Gasteiger partial charge is 0.443 e. The number of amides is 6. The second-order valence-electron chi connectivity index (χ2n) is 14.5. The second-order valence-corrected chi connectivity index (χ2v) is 14.5.